The second-order valence-electron chi connectivity index (χ2n) is 14.6. The van der Waals surface area contributed by atoms with E-state index in [1.54, 1.807) is 53.7 Å². The molecule has 2 aliphatic rings. The zero-order valence-corrected chi connectivity index (χ0v) is 32.3. The number of alkyl carbamates (subject to hydrolysis) is 1. The predicted molar refractivity (Wildman–Crippen MR) is 192 cm³/mol. The highest BCUT2D eigenvalue weighted by Gasteiger charge is 2.39. The SMILES string of the molecule is CC(C)(C)OC(=O)CN1CCS(=O)(=O)c2cc(-c3nc(Nc4cc5c(cc4Cl)CCN(CCNC(=O)OC(C)(C)C)C5)ncc3C(F)(F)F)sc2C1=O. The zero-order chi connectivity index (χ0) is 39.1. The molecule has 0 bridgehead atoms. The van der Waals surface area contributed by atoms with E-state index in [4.69, 9.17) is 21.1 Å². The minimum atomic E-state index is -4.94. The van der Waals surface area contributed by atoms with Gasteiger partial charge in [-0.2, -0.15) is 13.2 Å². The van der Waals surface area contributed by atoms with Crippen LogP contribution in [0.4, 0.5) is 29.6 Å². The molecule has 0 radical (unpaired) electrons. The molecule has 0 spiro atoms. The molecule has 13 nitrogen and oxygen atoms in total. The van der Waals surface area contributed by atoms with Crippen LogP contribution in [0.25, 0.3) is 10.6 Å². The molecule has 288 valence electrons. The summed E-state index contributed by atoms with van der Waals surface area (Å²) in [5.74, 6) is -2.41. The fourth-order valence-electron chi connectivity index (χ4n) is 5.65. The first-order valence-electron chi connectivity index (χ1n) is 16.6. The largest absolute Gasteiger partial charge is 0.459 e. The summed E-state index contributed by atoms with van der Waals surface area (Å²) in [5.41, 5.74) is -1.18. The van der Waals surface area contributed by atoms with Crippen LogP contribution in [0.5, 0.6) is 0 Å². The summed E-state index contributed by atoms with van der Waals surface area (Å²) in [7, 11) is -4.14. The fraction of sp³-hybridized carbons (Fsp3) is 0.500. The van der Waals surface area contributed by atoms with Crippen molar-refractivity contribution in [3.63, 3.8) is 0 Å². The molecule has 3 aromatic rings. The van der Waals surface area contributed by atoms with E-state index >= 15 is 0 Å². The Morgan fingerprint density at radius 3 is 2.38 bits per heavy atom. The number of thiophene rings is 1. The molecule has 4 heterocycles. The van der Waals surface area contributed by atoms with Gasteiger partial charge in [0.15, 0.2) is 9.84 Å². The average molecular weight is 801 g/mol. The number of ether oxygens (including phenoxy) is 2. The van der Waals surface area contributed by atoms with Crippen molar-refractivity contribution in [2.24, 2.45) is 0 Å². The number of hydrogen-bond donors (Lipinski definition) is 2. The van der Waals surface area contributed by atoms with Crippen molar-refractivity contribution in [1.29, 1.82) is 0 Å². The van der Waals surface area contributed by atoms with E-state index in [1.807, 2.05) is 0 Å². The fourth-order valence-corrected chi connectivity index (χ4v) is 8.84. The summed E-state index contributed by atoms with van der Waals surface area (Å²) in [6, 6.07) is 4.52. The summed E-state index contributed by atoms with van der Waals surface area (Å²) in [6.45, 7) is 11.5. The lowest BCUT2D eigenvalue weighted by molar-refractivity contribution is -0.155. The lowest BCUT2D eigenvalue weighted by Gasteiger charge is -2.29. The van der Waals surface area contributed by atoms with Crippen LogP contribution >= 0.6 is 22.9 Å². The van der Waals surface area contributed by atoms with Gasteiger partial charge in [0.25, 0.3) is 5.91 Å². The van der Waals surface area contributed by atoms with Crippen molar-refractivity contribution in [2.45, 2.75) is 76.8 Å². The standard InChI is InChI=1S/C34H40ClF3N6O7S2/c1-32(2,3)50-26(45)18-44-11-12-53(48,49)25-15-24(52-28(25)29(44)46)27-21(34(36,37)38)16-40-30(42-27)41-23-14-20-17-43(9-7-19(20)13-22(23)35)10-8-39-31(47)51-33(4,5)6/h13-16H,7-12,17-18H2,1-6H3,(H,39,47)(H,40,41,42). The minimum absolute atomic E-state index is 0.240. The van der Waals surface area contributed by atoms with Gasteiger partial charge in [-0.25, -0.2) is 23.2 Å². The van der Waals surface area contributed by atoms with E-state index in [1.165, 1.54) is 0 Å². The van der Waals surface area contributed by atoms with Crippen molar-refractivity contribution in [1.82, 2.24) is 25.1 Å². The second-order valence-corrected chi connectivity index (χ2v) is 18.1. The Labute approximate surface area is 314 Å². The molecule has 0 fully saturated rings. The Morgan fingerprint density at radius 1 is 1.02 bits per heavy atom. The summed E-state index contributed by atoms with van der Waals surface area (Å²) in [5, 5.41) is 5.91. The highest BCUT2D eigenvalue weighted by molar-refractivity contribution is 7.91. The van der Waals surface area contributed by atoms with Crippen molar-refractivity contribution in [3.05, 3.63) is 51.0 Å². The van der Waals surface area contributed by atoms with Gasteiger partial charge in [-0.15, -0.1) is 11.3 Å². The van der Waals surface area contributed by atoms with Crippen LogP contribution < -0.4 is 10.6 Å². The van der Waals surface area contributed by atoms with Crippen molar-refractivity contribution in [2.75, 3.05) is 43.8 Å². The molecule has 0 saturated heterocycles. The Bertz CT molecular complexity index is 2030. The molecule has 0 unspecified atom stereocenters. The number of aromatic nitrogens is 2. The molecular weight excluding hydrogens is 761 g/mol. The van der Waals surface area contributed by atoms with Gasteiger partial charge < -0.3 is 25.0 Å². The number of nitrogens with zero attached hydrogens (tertiary/aromatic N) is 4. The number of amides is 2. The number of halogens is 4. The Morgan fingerprint density at radius 2 is 1.72 bits per heavy atom. The number of rotatable bonds is 8. The number of sulfone groups is 1. The lowest BCUT2D eigenvalue weighted by atomic mass is 9.99. The number of anilines is 2. The smallest absolute Gasteiger partial charge is 0.420 e. The highest BCUT2D eigenvalue weighted by atomic mass is 35.5. The minimum Gasteiger partial charge on any atom is -0.459 e. The summed E-state index contributed by atoms with van der Waals surface area (Å²) in [6.07, 6.45) is -4.21. The molecule has 2 aliphatic heterocycles. The zero-order valence-electron chi connectivity index (χ0n) is 29.9. The number of alkyl halides is 3. The number of nitrogens with one attached hydrogen (secondary N) is 2. The Hall–Kier alpha value is -4.00. The van der Waals surface area contributed by atoms with Crippen LogP contribution in [0.1, 0.15) is 67.9 Å². The van der Waals surface area contributed by atoms with Gasteiger partial charge in [-0.05, 0) is 77.3 Å². The molecule has 2 amide bonds. The van der Waals surface area contributed by atoms with Gasteiger partial charge in [-0.1, -0.05) is 11.6 Å². The van der Waals surface area contributed by atoms with Crippen LogP contribution in [0.2, 0.25) is 5.02 Å². The third-order valence-electron chi connectivity index (χ3n) is 7.94. The molecule has 2 N–H and O–H groups in total. The lowest BCUT2D eigenvalue weighted by Crippen LogP contribution is -2.39. The quantitative estimate of drug-likeness (QED) is 0.255. The number of hydrogen-bond acceptors (Lipinski definition) is 12. The van der Waals surface area contributed by atoms with Crippen LogP contribution in [0, 0.1) is 0 Å². The van der Waals surface area contributed by atoms with Crippen molar-refractivity contribution < 1.29 is 45.4 Å². The van der Waals surface area contributed by atoms with Gasteiger partial charge in [0.05, 0.1) is 31.9 Å². The summed E-state index contributed by atoms with van der Waals surface area (Å²) >= 11 is 7.11. The first-order valence-corrected chi connectivity index (χ1v) is 19.4. The summed E-state index contributed by atoms with van der Waals surface area (Å²) in [4.78, 5) is 48.2. The van der Waals surface area contributed by atoms with Crippen LogP contribution in [0.3, 0.4) is 0 Å². The molecular formula is C34H40ClF3N6O7S2. The van der Waals surface area contributed by atoms with E-state index in [0.717, 1.165) is 22.1 Å². The van der Waals surface area contributed by atoms with Gasteiger partial charge in [0.1, 0.15) is 28.2 Å². The first-order chi connectivity index (χ1) is 24.5. The number of fused-ring (bicyclic) bond motifs is 2. The molecule has 0 atom stereocenters. The van der Waals surface area contributed by atoms with Crippen molar-refractivity contribution in [3.8, 4) is 10.6 Å². The maximum atomic E-state index is 14.3. The van der Waals surface area contributed by atoms with Gasteiger partial charge in [0, 0.05) is 38.9 Å². The van der Waals surface area contributed by atoms with Gasteiger partial charge in [0.2, 0.25) is 5.95 Å². The van der Waals surface area contributed by atoms with Gasteiger partial charge >= 0.3 is 18.2 Å². The number of carbonyl (C=O) groups excluding carboxylic acids is 3. The number of benzene rings is 1. The first kappa shape index (κ1) is 40.2. The molecule has 5 rings (SSSR count). The molecule has 2 aromatic heterocycles. The van der Waals surface area contributed by atoms with Crippen LogP contribution in [0.15, 0.2) is 29.3 Å². The number of carbonyl (C=O) groups is 3. The number of esters is 1. The Kier molecular flexibility index (Phi) is 11.4. The summed E-state index contributed by atoms with van der Waals surface area (Å²) < 4.78 is 80.0. The third kappa shape index (κ3) is 10.2. The maximum absolute atomic E-state index is 14.3. The van der Waals surface area contributed by atoms with E-state index in [2.05, 4.69) is 25.5 Å². The molecule has 0 saturated carbocycles. The molecule has 53 heavy (non-hydrogen) atoms. The topological polar surface area (TPSA) is 160 Å². The molecule has 19 heteroatoms. The molecule has 1 aromatic carbocycles. The van der Waals surface area contributed by atoms with E-state index in [0.29, 0.717) is 55.8 Å². The monoisotopic (exact) mass is 800 g/mol. The Balaban J connectivity index is 1.40. The second kappa shape index (κ2) is 15.0. The van der Waals surface area contributed by atoms with E-state index in [9.17, 15) is 36.0 Å². The predicted octanol–water partition coefficient (Wildman–Crippen LogP) is 6.07. The molecule has 0 aliphatic carbocycles. The van der Waals surface area contributed by atoms with E-state index in [-0.39, 0.29) is 27.3 Å². The third-order valence-corrected chi connectivity index (χ3v) is 11.2. The van der Waals surface area contributed by atoms with Gasteiger partial charge in [-0.3, -0.25) is 14.5 Å². The highest BCUT2D eigenvalue weighted by Crippen LogP contribution is 2.42. The van der Waals surface area contributed by atoms with Crippen molar-refractivity contribution >= 4 is 62.4 Å². The van der Waals surface area contributed by atoms with Crippen LogP contribution in [-0.2, 0) is 43.2 Å². The van der Waals surface area contributed by atoms with Crippen LogP contribution in [-0.4, -0.2) is 95.8 Å². The van der Waals surface area contributed by atoms with E-state index < -0.39 is 73.6 Å². The average Bonchev–Trinajstić information content (AvgIpc) is 3.45. The normalized spacial score (nSPS) is 16.3. The maximum Gasteiger partial charge on any atom is 0.420 e.